The summed E-state index contributed by atoms with van der Waals surface area (Å²) >= 11 is 0. The Labute approximate surface area is 102 Å². The van der Waals surface area contributed by atoms with Crippen molar-refractivity contribution in [3.05, 3.63) is 0 Å². The average Bonchev–Trinajstić information content (AvgIpc) is 2.20. The second-order valence-corrected chi connectivity index (χ2v) is 5.37. The Kier molecular flexibility index (Phi) is 4.65. The zero-order valence-electron chi connectivity index (χ0n) is 11.1. The SMILES string of the molecule is CCNC(CN1C(=O)COCC1=O)C(C)(C)C. The van der Waals surface area contributed by atoms with E-state index in [1.165, 1.54) is 4.90 Å². The van der Waals surface area contributed by atoms with Crippen molar-refractivity contribution in [2.75, 3.05) is 26.3 Å². The normalized spacial score (nSPS) is 19.6. The summed E-state index contributed by atoms with van der Waals surface area (Å²) in [5.41, 5.74) is -0.00509. The molecule has 0 saturated carbocycles. The van der Waals surface area contributed by atoms with E-state index in [0.29, 0.717) is 6.54 Å². The number of rotatable bonds is 4. The number of ether oxygens (including phenoxy) is 1. The van der Waals surface area contributed by atoms with Gasteiger partial charge in [0.05, 0.1) is 0 Å². The Balaban J connectivity index is 2.71. The summed E-state index contributed by atoms with van der Waals surface area (Å²) in [4.78, 5) is 24.6. The van der Waals surface area contributed by atoms with E-state index >= 15 is 0 Å². The third-order valence-corrected chi connectivity index (χ3v) is 2.91. The van der Waals surface area contributed by atoms with Crippen LogP contribution < -0.4 is 5.32 Å². The first-order valence-corrected chi connectivity index (χ1v) is 6.00. The van der Waals surface area contributed by atoms with Crippen molar-refractivity contribution in [1.29, 1.82) is 0 Å². The molecule has 1 aliphatic heterocycles. The van der Waals surface area contributed by atoms with Crippen LogP contribution in [0, 0.1) is 5.41 Å². The van der Waals surface area contributed by atoms with E-state index in [4.69, 9.17) is 4.74 Å². The van der Waals surface area contributed by atoms with Crippen molar-refractivity contribution in [1.82, 2.24) is 10.2 Å². The van der Waals surface area contributed by atoms with Gasteiger partial charge in [0, 0.05) is 12.6 Å². The third-order valence-electron chi connectivity index (χ3n) is 2.91. The van der Waals surface area contributed by atoms with Gasteiger partial charge in [0.2, 0.25) is 0 Å². The van der Waals surface area contributed by atoms with Crippen LogP contribution in [0.5, 0.6) is 0 Å². The maximum atomic E-state index is 11.6. The fraction of sp³-hybridized carbons (Fsp3) is 0.833. The fourth-order valence-electron chi connectivity index (χ4n) is 1.80. The number of carbonyl (C=O) groups excluding carboxylic acids is 2. The Hall–Kier alpha value is -0.940. The topological polar surface area (TPSA) is 58.6 Å². The molecule has 0 bridgehead atoms. The van der Waals surface area contributed by atoms with Gasteiger partial charge in [-0.05, 0) is 12.0 Å². The van der Waals surface area contributed by atoms with Crippen LogP contribution in [0.4, 0.5) is 0 Å². The van der Waals surface area contributed by atoms with Gasteiger partial charge in [0.15, 0.2) is 0 Å². The van der Waals surface area contributed by atoms with Crippen LogP contribution in [0.15, 0.2) is 0 Å². The lowest BCUT2D eigenvalue weighted by atomic mass is 9.86. The Morgan fingerprint density at radius 3 is 2.24 bits per heavy atom. The molecule has 1 unspecified atom stereocenters. The molecule has 2 amide bonds. The van der Waals surface area contributed by atoms with Crippen LogP contribution in [0.25, 0.3) is 0 Å². The number of carbonyl (C=O) groups is 2. The van der Waals surface area contributed by atoms with Gasteiger partial charge in [0.1, 0.15) is 13.2 Å². The van der Waals surface area contributed by atoms with Crippen molar-refractivity contribution in [3.8, 4) is 0 Å². The van der Waals surface area contributed by atoms with Gasteiger partial charge in [-0.25, -0.2) is 0 Å². The zero-order chi connectivity index (χ0) is 13.1. The van der Waals surface area contributed by atoms with Gasteiger partial charge in [0.25, 0.3) is 11.8 Å². The van der Waals surface area contributed by atoms with Gasteiger partial charge < -0.3 is 10.1 Å². The molecule has 1 atom stereocenters. The van der Waals surface area contributed by atoms with Crippen LogP contribution in [0.1, 0.15) is 27.7 Å². The Bertz CT molecular complexity index is 281. The number of hydrogen-bond donors (Lipinski definition) is 1. The number of nitrogens with one attached hydrogen (secondary N) is 1. The van der Waals surface area contributed by atoms with Crippen LogP contribution in [-0.2, 0) is 14.3 Å². The first-order chi connectivity index (χ1) is 7.86. The molecule has 0 aliphatic carbocycles. The highest BCUT2D eigenvalue weighted by Crippen LogP contribution is 2.20. The second kappa shape index (κ2) is 5.60. The Morgan fingerprint density at radius 1 is 1.29 bits per heavy atom. The first kappa shape index (κ1) is 14.1. The van der Waals surface area contributed by atoms with E-state index in [0.717, 1.165) is 6.54 Å². The number of morpholine rings is 1. The lowest BCUT2D eigenvalue weighted by molar-refractivity contribution is -0.159. The third kappa shape index (κ3) is 3.78. The molecule has 5 heteroatoms. The molecule has 98 valence electrons. The van der Waals surface area contributed by atoms with Gasteiger partial charge >= 0.3 is 0 Å². The molecule has 0 radical (unpaired) electrons. The molecule has 1 N–H and O–H groups in total. The standard InChI is InChI=1S/C12H22N2O3/c1-5-13-9(12(2,3)4)6-14-10(15)7-17-8-11(14)16/h9,13H,5-8H2,1-4H3. The maximum Gasteiger partial charge on any atom is 0.255 e. The van der Waals surface area contributed by atoms with Gasteiger partial charge in [-0.2, -0.15) is 0 Å². The summed E-state index contributed by atoms with van der Waals surface area (Å²) in [5, 5.41) is 3.32. The van der Waals surface area contributed by atoms with E-state index in [1.54, 1.807) is 0 Å². The highest BCUT2D eigenvalue weighted by Gasteiger charge is 2.32. The van der Waals surface area contributed by atoms with Crippen molar-refractivity contribution in [2.45, 2.75) is 33.7 Å². The molecule has 17 heavy (non-hydrogen) atoms. The minimum Gasteiger partial charge on any atom is -0.362 e. The predicted molar refractivity (Wildman–Crippen MR) is 64.5 cm³/mol. The minimum atomic E-state index is -0.242. The number of likely N-dealkylation sites (N-methyl/N-ethyl adjacent to an activating group) is 1. The van der Waals surface area contributed by atoms with E-state index in [2.05, 4.69) is 26.1 Å². The molecule has 1 aliphatic rings. The molecular formula is C12H22N2O3. The van der Waals surface area contributed by atoms with E-state index in [1.807, 2.05) is 6.92 Å². The summed E-state index contributed by atoms with van der Waals surface area (Å²) < 4.78 is 4.89. The molecule has 1 saturated heterocycles. The fourth-order valence-corrected chi connectivity index (χ4v) is 1.80. The van der Waals surface area contributed by atoms with Gasteiger partial charge in [-0.1, -0.05) is 27.7 Å². The van der Waals surface area contributed by atoms with Crippen molar-refractivity contribution >= 4 is 11.8 Å². The molecule has 0 spiro atoms. The van der Waals surface area contributed by atoms with Gasteiger partial charge in [-0.15, -0.1) is 0 Å². The van der Waals surface area contributed by atoms with Crippen LogP contribution in [0.2, 0.25) is 0 Å². The number of hydrogen-bond acceptors (Lipinski definition) is 4. The van der Waals surface area contributed by atoms with E-state index in [9.17, 15) is 9.59 Å². The molecule has 1 rings (SSSR count). The van der Waals surface area contributed by atoms with Crippen LogP contribution in [-0.4, -0.2) is 49.1 Å². The first-order valence-electron chi connectivity index (χ1n) is 6.00. The second-order valence-electron chi connectivity index (χ2n) is 5.37. The van der Waals surface area contributed by atoms with E-state index < -0.39 is 0 Å². The van der Waals surface area contributed by atoms with Crippen LogP contribution in [0.3, 0.4) is 0 Å². The largest absolute Gasteiger partial charge is 0.362 e. The quantitative estimate of drug-likeness (QED) is 0.725. The van der Waals surface area contributed by atoms with Gasteiger partial charge in [-0.3, -0.25) is 14.5 Å². The summed E-state index contributed by atoms with van der Waals surface area (Å²) in [6.07, 6.45) is 0. The lowest BCUT2D eigenvalue weighted by Gasteiger charge is -2.36. The summed E-state index contributed by atoms with van der Waals surface area (Å²) in [7, 11) is 0. The molecule has 0 aromatic rings. The number of amides is 2. The average molecular weight is 242 g/mol. The maximum absolute atomic E-state index is 11.6. The Morgan fingerprint density at radius 2 is 1.82 bits per heavy atom. The highest BCUT2D eigenvalue weighted by atomic mass is 16.5. The zero-order valence-corrected chi connectivity index (χ0v) is 11.1. The summed E-state index contributed by atoms with van der Waals surface area (Å²) in [6, 6.07) is 0.0958. The molecular weight excluding hydrogens is 220 g/mol. The minimum absolute atomic E-state index is 0.00509. The van der Waals surface area contributed by atoms with Crippen molar-refractivity contribution in [2.24, 2.45) is 5.41 Å². The molecule has 1 fully saturated rings. The number of imide groups is 1. The monoisotopic (exact) mass is 242 g/mol. The van der Waals surface area contributed by atoms with Crippen molar-refractivity contribution in [3.63, 3.8) is 0 Å². The van der Waals surface area contributed by atoms with E-state index in [-0.39, 0.29) is 36.5 Å². The molecule has 1 heterocycles. The predicted octanol–water partition coefficient (Wildman–Crippen LogP) is 0.396. The molecule has 0 aromatic heterocycles. The smallest absolute Gasteiger partial charge is 0.255 e. The van der Waals surface area contributed by atoms with Crippen LogP contribution >= 0.6 is 0 Å². The number of nitrogens with zero attached hydrogens (tertiary/aromatic N) is 1. The lowest BCUT2D eigenvalue weighted by Crippen LogP contribution is -2.55. The van der Waals surface area contributed by atoms with Crippen molar-refractivity contribution < 1.29 is 14.3 Å². The molecule has 5 nitrogen and oxygen atoms in total. The summed E-state index contributed by atoms with van der Waals surface area (Å²) in [5.74, 6) is -0.484. The summed E-state index contributed by atoms with van der Waals surface area (Å²) in [6.45, 7) is 9.54. The molecule has 0 aromatic carbocycles. The highest BCUT2D eigenvalue weighted by molar-refractivity contribution is 5.98.